The molecule has 0 radical (unpaired) electrons. The number of nitrogens with one attached hydrogen (secondary N) is 1. The van der Waals surface area contributed by atoms with Crippen LogP contribution in [0.15, 0.2) is 42.5 Å². The highest BCUT2D eigenvalue weighted by Crippen LogP contribution is 2.34. The van der Waals surface area contributed by atoms with Crippen molar-refractivity contribution in [1.29, 1.82) is 0 Å². The number of carbonyl (C=O) groups is 1. The largest absolute Gasteiger partial charge is 0.486 e. The van der Waals surface area contributed by atoms with Crippen LogP contribution in [-0.4, -0.2) is 40.3 Å². The number of benzene rings is 2. The summed E-state index contributed by atoms with van der Waals surface area (Å²) >= 11 is 0. The third-order valence-electron chi connectivity index (χ3n) is 5.01. The first-order valence-corrected chi connectivity index (χ1v) is 11.8. The number of rotatable bonds is 8. The first kappa shape index (κ1) is 22.0. The van der Waals surface area contributed by atoms with Gasteiger partial charge in [-0.05, 0) is 43.5 Å². The lowest BCUT2D eigenvalue weighted by Gasteiger charge is -2.25. The molecule has 0 fully saturated rings. The van der Waals surface area contributed by atoms with Gasteiger partial charge in [0.05, 0.1) is 18.0 Å². The molecule has 0 aromatic heterocycles. The second-order valence-corrected chi connectivity index (χ2v) is 9.32. The molecule has 8 heteroatoms. The van der Waals surface area contributed by atoms with E-state index in [1.54, 1.807) is 18.2 Å². The molecule has 7 nitrogen and oxygen atoms in total. The van der Waals surface area contributed by atoms with Crippen molar-refractivity contribution < 1.29 is 22.7 Å². The van der Waals surface area contributed by atoms with Gasteiger partial charge in [-0.1, -0.05) is 24.3 Å². The molecule has 162 valence electrons. The Kier molecular flexibility index (Phi) is 6.87. The molecule has 2 aromatic rings. The van der Waals surface area contributed by atoms with Crippen LogP contribution in [0.2, 0.25) is 0 Å². The Bertz CT molecular complexity index is 1010. The van der Waals surface area contributed by atoms with E-state index in [2.05, 4.69) is 5.32 Å². The number of ether oxygens (including phenoxy) is 2. The van der Waals surface area contributed by atoms with E-state index in [1.807, 2.05) is 38.1 Å². The summed E-state index contributed by atoms with van der Waals surface area (Å²) in [5.74, 6) is 1.02. The number of nitrogens with zero attached hydrogens (tertiary/aromatic N) is 1. The van der Waals surface area contributed by atoms with Gasteiger partial charge in [-0.3, -0.25) is 9.10 Å². The van der Waals surface area contributed by atoms with Gasteiger partial charge in [-0.2, -0.15) is 0 Å². The Morgan fingerprint density at radius 1 is 1.13 bits per heavy atom. The zero-order valence-corrected chi connectivity index (χ0v) is 18.4. The van der Waals surface area contributed by atoms with Crippen LogP contribution in [0.25, 0.3) is 0 Å². The van der Waals surface area contributed by atoms with Crippen LogP contribution in [0.5, 0.6) is 11.5 Å². The van der Waals surface area contributed by atoms with Gasteiger partial charge >= 0.3 is 0 Å². The molecular weight excluding hydrogens is 404 g/mol. The Morgan fingerprint density at radius 2 is 1.83 bits per heavy atom. The smallest absolute Gasteiger partial charge is 0.232 e. The molecule has 0 saturated carbocycles. The van der Waals surface area contributed by atoms with Gasteiger partial charge in [0.1, 0.15) is 13.2 Å². The van der Waals surface area contributed by atoms with E-state index in [-0.39, 0.29) is 24.9 Å². The zero-order chi connectivity index (χ0) is 21.7. The Morgan fingerprint density at radius 3 is 2.53 bits per heavy atom. The summed E-state index contributed by atoms with van der Waals surface area (Å²) in [6.07, 6.45) is 1.78. The standard InChI is InChI=1S/C22H28N2O5S/c1-16-7-4-5-8-19(16)17(2)23-22(25)9-6-12-24(30(3,26)27)18-10-11-20-21(15-18)29-14-13-28-20/h4-5,7-8,10-11,15,17H,6,9,12-14H2,1-3H3,(H,23,25)/t17-/m1/s1. The van der Waals surface area contributed by atoms with Gasteiger partial charge in [-0.25, -0.2) is 8.42 Å². The van der Waals surface area contributed by atoms with E-state index in [4.69, 9.17) is 9.47 Å². The van der Waals surface area contributed by atoms with E-state index in [0.717, 1.165) is 17.4 Å². The molecule has 2 aromatic carbocycles. The predicted molar refractivity (Wildman–Crippen MR) is 117 cm³/mol. The molecule has 0 spiro atoms. The van der Waals surface area contributed by atoms with Crippen molar-refractivity contribution in [3.63, 3.8) is 0 Å². The zero-order valence-electron chi connectivity index (χ0n) is 17.6. The fraction of sp³-hybridized carbons (Fsp3) is 0.409. The maximum atomic E-state index is 12.4. The van der Waals surface area contributed by atoms with Crippen molar-refractivity contribution in [2.45, 2.75) is 32.7 Å². The SMILES string of the molecule is Cc1ccccc1[C@@H](C)NC(=O)CCCN(c1ccc2c(c1)OCCO2)S(C)(=O)=O. The Hall–Kier alpha value is -2.74. The van der Waals surface area contributed by atoms with Crippen molar-refractivity contribution in [3.05, 3.63) is 53.6 Å². The minimum absolute atomic E-state index is 0.109. The first-order chi connectivity index (χ1) is 14.3. The number of sulfonamides is 1. The number of anilines is 1. The molecule has 1 heterocycles. The van der Waals surface area contributed by atoms with E-state index < -0.39 is 10.0 Å². The Labute approximate surface area is 178 Å². The highest BCUT2D eigenvalue weighted by atomic mass is 32.2. The van der Waals surface area contributed by atoms with E-state index in [9.17, 15) is 13.2 Å². The van der Waals surface area contributed by atoms with Gasteiger partial charge < -0.3 is 14.8 Å². The normalized spacial score (nSPS) is 14.1. The lowest BCUT2D eigenvalue weighted by Crippen LogP contribution is -2.32. The van der Waals surface area contributed by atoms with Crippen LogP contribution in [0.4, 0.5) is 5.69 Å². The summed E-state index contributed by atoms with van der Waals surface area (Å²) in [5, 5.41) is 2.99. The van der Waals surface area contributed by atoms with Gasteiger partial charge in [0.2, 0.25) is 15.9 Å². The van der Waals surface area contributed by atoms with Crippen LogP contribution in [0.1, 0.15) is 36.9 Å². The molecule has 1 aliphatic heterocycles. The minimum atomic E-state index is -3.51. The summed E-state index contributed by atoms with van der Waals surface area (Å²) in [6.45, 7) is 5.05. The molecule has 1 N–H and O–H groups in total. The van der Waals surface area contributed by atoms with E-state index in [0.29, 0.717) is 36.8 Å². The first-order valence-electron chi connectivity index (χ1n) is 9.98. The molecule has 3 rings (SSSR count). The van der Waals surface area contributed by atoms with Crippen LogP contribution < -0.4 is 19.1 Å². The van der Waals surface area contributed by atoms with Crippen LogP contribution >= 0.6 is 0 Å². The lowest BCUT2D eigenvalue weighted by molar-refractivity contribution is -0.121. The van der Waals surface area contributed by atoms with Gasteiger partial charge in [0.15, 0.2) is 11.5 Å². The molecule has 1 amide bonds. The average Bonchev–Trinajstić information content (AvgIpc) is 2.70. The van der Waals surface area contributed by atoms with Crippen molar-refractivity contribution in [2.24, 2.45) is 0 Å². The second kappa shape index (κ2) is 9.38. The van der Waals surface area contributed by atoms with Gasteiger partial charge in [0.25, 0.3) is 0 Å². The molecule has 1 aliphatic rings. The monoisotopic (exact) mass is 432 g/mol. The quantitative estimate of drug-likeness (QED) is 0.693. The second-order valence-electron chi connectivity index (χ2n) is 7.41. The molecule has 30 heavy (non-hydrogen) atoms. The summed E-state index contributed by atoms with van der Waals surface area (Å²) in [6, 6.07) is 12.9. The molecule has 1 atom stereocenters. The van der Waals surface area contributed by atoms with Crippen molar-refractivity contribution in [1.82, 2.24) is 5.32 Å². The van der Waals surface area contributed by atoms with Crippen LogP contribution in [-0.2, 0) is 14.8 Å². The maximum Gasteiger partial charge on any atom is 0.232 e. The predicted octanol–water partition coefficient (Wildman–Crippen LogP) is 3.19. The number of amides is 1. The summed E-state index contributed by atoms with van der Waals surface area (Å²) in [5.41, 5.74) is 2.68. The fourth-order valence-electron chi connectivity index (χ4n) is 3.52. The summed E-state index contributed by atoms with van der Waals surface area (Å²) < 4.78 is 37.0. The van der Waals surface area contributed by atoms with Crippen LogP contribution in [0.3, 0.4) is 0 Å². The Balaban J connectivity index is 1.60. The van der Waals surface area contributed by atoms with Crippen molar-refractivity contribution >= 4 is 21.6 Å². The van der Waals surface area contributed by atoms with Crippen molar-refractivity contribution in [2.75, 3.05) is 30.3 Å². The van der Waals surface area contributed by atoms with Crippen LogP contribution in [0, 0.1) is 6.92 Å². The maximum absolute atomic E-state index is 12.4. The molecule has 0 saturated heterocycles. The number of hydrogen-bond acceptors (Lipinski definition) is 5. The number of hydrogen-bond donors (Lipinski definition) is 1. The van der Waals surface area contributed by atoms with E-state index >= 15 is 0 Å². The van der Waals surface area contributed by atoms with Crippen molar-refractivity contribution in [3.8, 4) is 11.5 Å². The number of aryl methyl sites for hydroxylation is 1. The molecular formula is C22H28N2O5S. The highest BCUT2D eigenvalue weighted by molar-refractivity contribution is 7.92. The fourth-order valence-corrected chi connectivity index (χ4v) is 4.48. The van der Waals surface area contributed by atoms with Gasteiger partial charge in [-0.15, -0.1) is 0 Å². The number of fused-ring (bicyclic) bond motifs is 1. The van der Waals surface area contributed by atoms with Gasteiger partial charge in [0, 0.05) is 19.0 Å². The summed E-state index contributed by atoms with van der Waals surface area (Å²) in [7, 11) is -3.51. The highest BCUT2D eigenvalue weighted by Gasteiger charge is 2.21. The summed E-state index contributed by atoms with van der Waals surface area (Å²) in [4.78, 5) is 12.4. The topological polar surface area (TPSA) is 84.9 Å². The lowest BCUT2D eigenvalue weighted by atomic mass is 10.0. The molecule has 0 aliphatic carbocycles. The third-order valence-corrected chi connectivity index (χ3v) is 6.21. The average molecular weight is 433 g/mol. The third kappa shape index (κ3) is 5.44. The molecule has 0 bridgehead atoms. The minimum Gasteiger partial charge on any atom is -0.486 e. The number of carbonyl (C=O) groups excluding carboxylic acids is 1. The van der Waals surface area contributed by atoms with E-state index in [1.165, 1.54) is 4.31 Å². The molecule has 0 unspecified atom stereocenters.